The number of nitrogens with zero attached hydrogens (tertiary/aromatic N) is 4. The Morgan fingerprint density at radius 3 is 2.61 bits per heavy atom. The minimum Gasteiger partial charge on any atom is -0.351 e. The van der Waals surface area contributed by atoms with Gasteiger partial charge in [0.1, 0.15) is 0 Å². The number of nitrogens with one attached hydrogen (secondary N) is 2. The summed E-state index contributed by atoms with van der Waals surface area (Å²) < 4.78 is 3.30. The number of hydrogen-bond donors (Lipinski definition) is 2. The lowest BCUT2D eigenvalue weighted by Crippen LogP contribution is -2.25. The summed E-state index contributed by atoms with van der Waals surface area (Å²) in [6, 6.07) is 14.5. The number of para-hydroxylation sites is 1. The van der Waals surface area contributed by atoms with Crippen LogP contribution in [0.5, 0.6) is 0 Å². The molecule has 0 bridgehead atoms. The zero-order valence-electron chi connectivity index (χ0n) is 17.9. The highest BCUT2D eigenvalue weighted by Crippen LogP contribution is 2.21. The molecule has 0 aliphatic heterocycles. The molecule has 0 spiro atoms. The molecule has 2 aromatic carbocycles. The predicted molar refractivity (Wildman–Crippen MR) is 128 cm³/mol. The SMILES string of the molecule is C=CCn1c(=O)c2ccccc2n2c(SCC(=O)NCc3ccc(NC(C)=O)cc3)nnc12. The number of carbonyl (C=O) groups excluding carboxylic acids is 2. The number of allylic oxidation sites excluding steroid dienone is 1. The molecule has 2 aromatic heterocycles. The Hall–Kier alpha value is -3.92. The molecule has 0 aliphatic rings. The molecule has 4 rings (SSSR count). The molecule has 0 unspecified atom stereocenters. The largest absolute Gasteiger partial charge is 0.351 e. The van der Waals surface area contributed by atoms with Crippen LogP contribution in [0, 0.1) is 0 Å². The van der Waals surface area contributed by atoms with Gasteiger partial charge in [-0.3, -0.25) is 23.4 Å². The van der Waals surface area contributed by atoms with Crippen molar-refractivity contribution in [2.45, 2.75) is 25.2 Å². The van der Waals surface area contributed by atoms with Crippen LogP contribution in [-0.4, -0.2) is 36.7 Å². The first-order valence-corrected chi connectivity index (χ1v) is 11.2. The maximum atomic E-state index is 12.8. The van der Waals surface area contributed by atoms with Crippen LogP contribution in [-0.2, 0) is 22.7 Å². The van der Waals surface area contributed by atoms with Crippen LogP contribution < -0.4 is 16.2 Å². The van der Waals surface area contributed by atoms with Gasteiger partial charge in [-0.2, -0.15) is 0 Å². The quantitative estimate of drug-likeness (QED) is 0.308. The van der Waals surface area contributed by atoms with Crippen molar-refractivity contribution in [1.29, 1.82) is 0 Å². The van der Waals surface area contributed by atoms with Crippen molar-refractivity contribution in [3.8, 4) is 0 Å². The number of fused-ring (bicyclic) bond motifs is 3. The Morgan fingerprint density at radius 1 is 1.12 bits per heavy atom. The number of anilines is 1. The van der Waals surface area contributed by atoms with Gasteiger partial charge >= 0.3 is 0 Å². The van der Waals surface area contributed by atoms with E-state index in [1.165, 1.54) is 23.3 Å². The molecule has 2 N–H and O–H groups in total. The Labute approximate surface area is 193 Å². The molecule has 0 saturated carbocycles. The fourth-order valence-corrected chi connectivity index (χ4v) is 4.18. The smallest absolute Gasteiger partial charge is 0.263 e. The van der Waals surface area contributed by atoms with Crippen molar-refractivity contribution in [3.05, 3.63) is 77.1 Å². The Kier molecular flexibility index (Phi) is 6.55. The fourth-order valence-electron chi connectivity index (χ4n) is 3.41. The van der Waals surface area contributed by atoms with Crippen LogP contribution in [0.1, 0.15) is 12.5 Å². The van der Waals surface area contributed by atoms with E-state index in [4.69, 9.17) is 0 Å². The number of benzene rings is 2. The molecule has 10 heteroatoms. The van der Waals surface area contributed by atoms with Crippen LogP contribution in [0.25, 0.3) is 16.7 Å². The second-order valence-electron chi connectivity index (χ2n) is 7.28. The molecule has 33 heavy (non-hydrogen) atoms. The molecule has 0 radical (unpaired) electrons. The van der Waals surface area contributed by atoms with Gasteiger partial charge in [0.15, 0.2) is 5.16 Å². The Bertz CT molecular complexity index is 1410. The molecule has 0 aliphatic carbocycles. The van der Waals surface area contributed by atoms with Crippen molar-refractivity contribution in [2.75, 3.05) is 11.1 Å². The van der Waals surface area contributed by atoms with E-state index in [9.17, 15) is 14.4 Å². The first-order valence-electron chi connectivity index (χ1n) is 10.2. The van der Waals surface area contributed by atoms with E-state index >= 15 is 0 Å². The number of thioether (sulfide) groups is 1. The maximum absolute atomic E-state index is 12.8. The summed E-state index contributed by atoms with van der Waals surface area (Å²) in [5, 5.41) is 15.1. The van der Waals surface area contributed by atoms with E-state index in [-0.39, 0.29) is 23.1 Å². The first-order chi connectivity index (χ1) is 16.0. The molecule has 2 amide bonds. The molecule has 9 nitrogen and oxygen atoms in total. The minimum atomic E-state index is -0.163. The van der Waals surface area contributed by atoms with Gasteiger partial charge in [-0.05, 0) is 29.8 Å². The van der Waals surface area contributed by atoms with Gasteiger partial charge in [0.2, 0.25) is 17.6 Å². The topological polar surface area (TPSA) is 110 Å². The maximum Gasteiger partial charge on any atom is 0.263 e. The third-order valence-corrected chi connectivity index (χ3v) is 5.82. The summed E-state index contributed by atoms with van der Waals surface area (Å²) in [5.74, 6) is 0.246. The van der Waals surface area contributed by atoms with Gasteiger partial charge in [-0.1, -0.05) is 42.1 Å². The number of rotatable bonds is 8. The minimum absolute atomic E-state index is 0.136. The zero-order chi connectivity index (χ0) is 23.4. The van der Waals surface area contributed by atoms with E-state index in [2.05, 4.69) is 27.4 Å². The Morgan fingerprint density at radius 2 is 1.88 bits per heavy atom. The van der Waals surface area contributed by atoms with E-state index in [1.807, 2.05) is 24.3 Å². The molecule has 168 valence electrons. The van der Waals surface area contributed by atoms with Gasteiger partial charge in [-0.15, -0.1) is 16.8 Å². The van der Waals surface area contributed by atoms with Crippen LogP contribution >= 0.6 is 11.8 Å². The predicted octanol–water partition coefficient (Wildman–Crippen LogP) is 2.60. The van der Waals surface area contributed by atoms with Gasteiger partial charge in [0.05, 0.1) is 16.7 Å². The van der Waals surface area contributed by atoms with E-state index in [0.717, 1.165) is 5.56 Å². The first kappa shape index (κ1) is 22.3. The second-order valence-corrected chi connectivity index (χ2v) is 8.23. The third kappa shape index (κ3) is 4.80. The lowest BCUT2D eigenvalue weighted by molar-refractivity contribution is -0.118. The normalized spacial score (nSPS) is 10.9. The molecule has 4 aromatic rings. The van der Waals surface area contributed by atoms with Gasteiger partial charge < -0.3 is 10.6 Å². The number of aromatic nitrogens is 4. The third-order valence-electron chi connectivity index (χ3n) is 4.89. The standard InChI is InChI=1S/C23H22N6O3S/c1-3-12-28-21(32)18-6-4-5-7-19(18)29-22(28)26-27-23(29)33-14-20(31)24-13-16-8-10-17(11-9-16)25-15(2)30/h3-11H,1,12-14H2,2H3,(H,24,31)(H,25,30). The van der Waals surface area contributed by atoms with Crippen molar-refractivity contribution < 1.29 is 9.59 Å². The second kappa shape index (κ2) is 9.70. The monoisotopic (exact) mass is 462 g/mol. The number of amides is 2. The van der Waals surface area contributed by atoms with Gasteiger partial charge in [0.25, 0.3) is 5.56 Å². The van der Waals surface area contributed by atoms with E-state index in [0.29, 0.717) is 40.6 Å². The van der Waals surface area contributed by atoms with Crippen molar-refractivity contribution in [2.24, 2.45) is 0 Å². The van der Waals surface area contributed by atoms with Crippen LogP contribution in [0.3, 0.4) is 0 Å². The highest BCUT2D eigenvalue weighted by Gasteiger charge is 2.17. The number of carbonyl (C=O) groups is 2. The highest BCUT2D eigenvalue weighted by atomic mass is 32.2. The average Bonchev–Trinajstić information content (AvgIpc) is 3.23. The molecular weight excluding hydrogens is 440 g/mol. The lowest BCUT2D eigenvalue weighted by Gasteiger charge is -2.10. The van der Waals surface area contributed by atoms with E-state index < -0.39 is 0 Å². The van der Waals surface area contributed by atoms with Crippen LogP contribution in [0.4, 0.5) is 5.69 Å². The summed E-state index contributed by atoms with van der Waals surface area (Å²) in [4.78, 5) is 36.4. The van der Waals surface area contributed by atoms with Gasteiger partial charge in [-0.25, -0.2) is 0 Å². The van der Waals surface area contributed by atoms with Crippen LogP contribution in [0.15, 0.2) is 71.1 Å². The van der Waals surface area contributed by atoms with E-state index in [1.54, 1.807) is 34.7 Å². The summed E-state index contributed by atoms with van der Waals surface area (Å²) in [7, 11) is 0. The zero-order valence-corrected chi connectivity index (χ0v) is 18.8. The highest BCUT2D eigenvalue weighted by molar-refractivity contribution is 7.99. The lowest BCUT2D eigenvalue weighted by atomic mass is 10.2. The summed E-state index contributed by atoms with van der Waals surface area (Å²) in [6.07, 6.45) is 1.63. The Balaban J connectivity index is 1.48. The number of hydrogen-bond acceptors (Lipinski definition) is 6. The molecule has 0 saturated heterocycles. The fraction of sp³-hybridized carbons (Fsp3) is 0.174. The van der Waals surface area contributed by atoms with Gasteiger partial charge in [0, 0.05) is 25.7 Å². The summed E-state index contributed by atoms with van der Waals surface area (Å²) >= 11 is 1.25. The molecule has 0 atom stereocenters. The van der Waals surface area contributed by atoms with Crippen LogP contribution in [0.2, 0.25) is 0 Å². The van der Waals surface area contributed by atoms with Crippen molar-refractivity contribution in [3.63, 3.8) is 0 Å². The van der Waals surface area contributed by atoms with Crippen molar-refractivity contribution >= 4 is 45.9 Å². The molecule has 2 heterocycles. The average molecular weight is 463 g/mol. The summed E-state index contributed by atoms with van der Waals surface area (Å²) in [6.45, 7) is 5.84. The summed E-state index contributed by atoms with van der Waals surface area (Å²) in [5.41, 5.74) is 2.14. The van der Waals surface area contributed by atoms with Crippen molar-refractivity contribution in [1.82, 2.24) is 24.5 Å². The molecular formula is C23H22N6O3S. The molecule has 0 fully saturated rings.